The molecule has 1 aromatic carbocycles. The second-order valence-corrected chi connectivity index (χ2v) is 7.90. The van der Waals surface area contributed by atoms with E-state index in [1.54, 1.807) is 36.4 Å². The van der Waals surface area contributed by atoms with Crippen LogP contribution in [0.2, 0.25) is 0 Å². The Kier molecular flexibility index (Phi) is 4.29. The molecule has 3 rings (SSSR count). The third-order valence-electron chi connectivity index (χ3n) is 3.82. The lowest BCUT2D eigenvalue weighted by molar-refractivity contribution is -0.136. The zero-order valence-corrected chi connectivity index (χ0v) is 14.8. The summed E-state index contributed by atoms with van der Waals surface area (Å²) in [6, 6.07) is 9.89. The molecule has 1 atom stereocenters. The summed E-state index contributed by atoms with van der Waals surface area (Å²) in [5, 5.41) is 11.0. The fraction of sp³-hybridized carbons (Fsp3) is 0.188. The highest BCUT2D eigenvalue weighted by molar-refractivity contribution is 9.11. The second kappa shape index (κ2) is 6.12. The van der Waals surface area contributed by atoms with Crippen LogP contribution in [0.5, 0.6) is 0 Å². The number of para-hydroxylation sites is 1. The third-order valence-corrected chi connectivity index (χ3v) is 5.48. The number of anilines is 1. The Morgan fingerprint density at radius 2 is 1.96 bits per heavy atom. The Morgan fingerprint density at radius 3 is 2.58 bits per heavy atom. The molecule has 1 aromatic heterocycles. The van der Waals surface area contributed by atoms with Crippen LogP contribution in [0.3, 0.4) is 0 Å². The number of amides is 2. The van der Waals surface area contributed by atoms with Gasteiger partial charge in [0.15, 0.2) is 11.4 Å². The average Bonchev–Trinajstić information content (AvgIpc) is 3.05. The van der Waals surface area contributed by atoms with Crippen LogP contribution in [0.25, 0.3) is 0 Å². The minimum absolute atomic E-state index is 0.306. The van der Waals surface area contributed by atoms with E-state index in [1.165, 1.54) is 11.3 Å². The minimum Gasteiger partial charge on any atom is -0.375 e. The van der Waals surface area contributed by atoms with Gasteiger partial charge in [-0.05, 0) is 34.1 Å². The van der Waals surface area contributed by atoms with Crippen molar-refractivity contribution in [2.24, 2.45) is 5.73 Å². The van der Waals surface area contributed by atoms with Gasteiger partial charge in [0.05, 0.1) is 20.8 Å². The summed E-state index contributed by atoms with van der Waals surface area (Å²) in [6.07, 6.45) is -0.398. The van der Waals surface area contributed by atoms with Crippen LogP contribution in [-0.2, 0) is 15.2 Å². The largest absolute Gasteiger partial charge is 0.375 e. The molecule has 0 saturated carbocycles. The summed E-state index contributed by atoms with van der Waals surface area (Å²) in [5.74, 6) is -1.76. The maximum absolute atomic E-state index is 12.7. The van der Waals surface area contributed by atoms with Crippen molar-refractivity contribution < 1.29 is 19.5 Å². The van der Waals surface area contributed by atoms with E-state index < -0.39 is 23.8 Å². The number of halogens is 1. The van der Waals surface area contributed by atoms with E-state index >= 15 is 0 Å². The number of ketones is 1. The maximum Gasteiger partial charge on any atom is 0.264 e. The molecule has 2 amide bonds. The molecule has 0 unspecified atom stereocenters. The first-order valence-electron chi connectivity index (χ1n) is 7.03. The van der Waals surface area contributed by atoms with Gasteiger partial charge in [-0.3, -0.25) is 19.3 Å². The SMILES string of the molecule is NC(=O)CN1C(=O)[C@@](O)(CC(=O)c2ccc(Br)s2)c2ccccc21. The monoisotopic (exact) mass is 408 g/mol. The maximum atomic E-state index is 12.7. The standard InChI is InChI=1S/C16H13BrN2O4S/c17-13-6-5-12(24-13)11(20)7-16(23)9-3-1-2-4-10(9)19(15(16)22)8-14(18)21/h1-6,23H,7-8H2,(H2,18,21)/t16-/m1/s1. The molecule has 1 aliphatic heterocycles. The van der Waals surface area contributed by atoms with E-state index in [9.17, 15) is 19.5 Å². The second-order valence-electron chi connectivity index (χ2n) is 5.44. The van der Waals surface area contributed by atoms with Crippen LogP contribution in [-0.4, -0.2) is 29.2 Å². The van der Waals surface area contributed by atoms with E-state index in [0.29, 0.717) is 16.1 Å². The molecule has 0 aliphatic carbocycles. The summed E-state index contributed by atoms with van der Waals surface area (Å²) < 4.78 is 0.784. The number of nitrogens with two attached hydrogens (primary N) is 1. The van der Waals surface area contributed by atoms with Crippen LogP contribution in [0.1, 0.15) is 21.7 Å². The number of nitrogens with zero attached hydrogens (tertiary/aromatic N) is 1. The number of carbonyl (C=O) groups excluding carboxylic acids is 3. The van der Waals surface area contributed by atoms with Crippen molar-refractivity contribution in [1.82, 2.24) is 0 Å². The molecule has 1 aliphatic rings. The number of primary amides is 1. The smallest absolute Gasteiger partial charge is 0.264 e. The molecular formula is C16H13BrN2O4S. The molecule has 6 nitrogen and oxygen atoms in total. The number of benzene rings is 1. The number of carbonyl (C=O) groups is 3. The Bertz CT molecular complexity index is 850. The fourth-order valence-corrected chi connectivity index (χ4v) is 4.10. The van der Waals surface area contributed by atoms with Crippen molar-refractivity contribution in [1.29, 1.82) is 0 Å². The van der Waals surface area contributed by atoms with Crippen molar-refractivity contribution in [3.05, 3.63) is 50.6 Å². The molecule has 0 saturated heterocycles. The van der Waals surface area contributed by atoms with Gasteiger partial charge in [0, 0.05) is 5.56 Å². The quantitative estimate of drug-likeness (QED) is 0.736. The molecule has 0 radical (unpaired) electrons. The highest BCUT2D eigenvalue weighted by Gasteiger charge is 2.51. The zero-order valence-electron chi connectivity index (χ0n) is 12.4. The third kappa shape index (κ3) is 2.77. The molecule has 0 spiro atoms. The van der Waals surface area contributed by atoms with Gasteiger partial charge in [-0.2, -0.15) is 0 Å². The number of fused-ring (bicyclic) bond motifs is 1. The number of aliphatic hydroxyl groups is 1. The highest BCUT2D eigenvalue weighted by atomic mass is 79.9. The normalized spacial score (nSPS) is 19.4. The van der Waals surface area contributed by atoms with E-state index in [0.717, 1.165) is 8.69 Å². The molecule has 8 heteroatoms. The highest BCUT2D eigenvalue weighted by Crippen LogP contribution is 2.43. The van der Waals surface area contributed by atoms with Gasteiger partial charge in [0.2, 0.25) is 5.91 Å². The predicted molar refractivity (Wildman–Crippen MR) is 92.9 cm³/mol. The van der Waals surface area contributed by atoms with Gasteiger partial charge in [-0.25, -0.2) is 0 Å². The Hall–Kier alpha value is -2.03. The lowest BCUT2D eigenvalue weighted by Gasteiger charge is -2.21. The van der Waals surface area contributed by atoms with Crippen LogP contribution in [0.4, 0.5) is 5.69 Å². The first kappa shape index (κ1) is 16.8. The molecule has 3 N–H and O–H groups in total. The van der Waals surface area contributed by atoms with Gasteiger partial charge in [0.25, 0.3) is 5.91 Å². The Morgan fingerprint density at radius 1 is 1.25 bits per heavy atom. The number of Topliss-reactive ketones (excluding diaryl/α,β-unsaturated/α-hetero) is 1. The molecule has 0 fully saturated rings. The van der Waals surface area contributed by atoms with E-state index in [2.05, 4.69) is 15.9 Å². The lowest BCUT2D eigenvalue weighted by Crippen LogP contribution is -2.44. The Labute approximate surface area is 150 Å². The summed E-state index contributed by atoms with van der Waals surface area (Å²) in [7, 11) is 0. The predicted octanol–water partition coefficient (Wildman–Crippen LogP) is 1.80. The van der Waals surface area contributed by atoms with Gasteiger partial charge in [0.1, 0.15) is 6.54 Å². The van der Waals surface area contributed by atoms with Crippen LogP contribution in [0, 0.1) is 0 Å². The average molecular weight is 409 g/mol. The minimum atomic E-state index is -2.00. The van der Waals surface area contributed by atoms with Gasteiger partial charge in [-0.15, -0.1) is 11.3 Å². The van der Waals surface area contributed by atoms with Crippen molar-refractivity contribution in [3.63, 3.8) is 0 Å². The molecular weight excluding hydrogens is 396 g/mol. The zero-order chi connectivity index (χ0) is 17.5. The fourth-order valence-electron chi connectivity index (χ4n) is 2.77. The first-order valence-corrected chi connectivity index (χ1v) is 8.64. The topological polar surface area (TPSA) is 101 Å². The van der Waals surface area contributed by atoms with Gasteiger partial charge in [-0.1, -0.05) is 18.2 Å². The first-order chi connectivity index (χ1) is 11.3. The molecule has 24 heavy (non-hydrogen) atoms. The summed E-state index contributed by atoms with van der Waals surface area (Å²) in [6.45, 7) is -0.350. The van der Waals surface area contributed by atoms with Crippen LogP contribution < -0.4 is 10.6 Å². The summed E-state index contributed by atoms with van der Waals surface area (Å²) in [5.41, 5.74) is 3.89. The number of hydrogen-bond acceptors (Lipinski definition) is 5. The number of rotatable bonds is 5. The molecule has 2 aromatic rings. The van der Waals surface area contributed by atoms with Crippen LogP contribution >= 0.6 is 27.3 Å². The van der Waals surface area contributed by atoms with Gasteiger partial charge >= 0.3 is 0 Å². The van der Waals surface area contributed by atoms with E-state index in [4.69, 9.17) is 5.73 Å². The molecule has 124 valence electrons. The van der Waals surface area contributed by atoms with E-state index in [-0.39, 0.29) is 12.3 Å². The molecule has 0 bridgehead atoms. The molecule has 2 heterocycles. The van der Waals surface area contributed by atoms with Gasteiger partial charge < -0.3 is 10.8 Å². The van der Waals surface area contributed by atoms with Crippen molar-refractivity contribution in [3.8, 4) is 0 Å². The lowest BCUT2D eigenvalue weighted by atomic mass is 9.89. The van der Waals surface area contributed by atoms with Crippen molar-refractivity contribution in [2.75, 3.05) is 11.4 Å². The summed E-state index contributed by atoms with van der Waals surface area (Å²) >= 11 is 4.51. The van der Waals surface area contributed by atoms with Crippen molar-refractivity contribution >= 4 is 50.6 Å². The number of hydrogen-bond donors (Lipinski definition) is 2. The Balaban J connectivity index is 1.98. The number of thiophene rings is 1. The van der Waals surface area contributed by atoms with Crippen molar-refractivity contribution in [2.45, 2.75) is 12.0 Å². The van der Waals surface area contributed by atoms with Crippen LogP contribution in [0.15, 0.2) is 40.2 Å². The van der Waals surface area contributed by atoms with E-state index in [1.807, 2.05) is 0 Å². The summed E-state index contributed by atoms with van der Waals surface area (Å²) in [4.78, 5) is 38.0.